The minimum absolute atomic E-state index is 0.0244. The molecular weight excluding hydrogens is 368 g/mol. The van der Waals surface area contributed by atoms with Crippen molar-refractivity contribution in [1.29, 1.82) is 0 Å². The average molecular weight is 393 g/mol. The molecule has 3 aromatic rings. The van der Waals surface area contributed by atoms with Gasteiger partial charge in [0.2, 0.25) is 0 Å². The first-order valence-corrected chi connectivity index (χ1v) is 9.86. The Balaban J connectivity index is 2.00. The molecule has 1 nitrogen and oxygen atoms in total. The molecule has 0 aromatic heterocycles. The van der Waals surface area contributed by atoms with Crippen molar-refractivity contribution >= 4 is 31.0 Å². The molecule has 3 heteroatoms. The Kier molecular flexibility index (Phi) is 5.55. The summed E-state index contributed by atoms with van der Waals surface area (Å²) in [5, 5.41) is 0. The maximum absolute atomic E-state index is 12.6. The SMILES string of the molecule is Cc1c(-c2ccc(C(=O)c3ccccc3)cc2)cc(S)c(C(C)(C)C)c1S. The van der Waals surface area contributed by atoms with Gasteiger partial charge in [0.25, 0.3) is 0 Å². The standard InChI is InChI=1S/C24H24OS2/c1-15-19(14-20(26)21(23(15)27)24(2,3)4)16-10-12-18(13-11-16)22(25)17-8-6-5-7-9-17/h5-14,26-27H,1-4H3. The normalized spacial score (nSPS) is 11.5. The maximum atomic E-state index is 12.6. The molecule has 138 valence electrons. The molecule has 3 rings (SSSR count). The van der Waals surface area contributed by atoms with Crippen molar-refractivity contribution in [2.45, 2.75) is 42.9 Å². The lowest BCUT2D eigenvalue weighted by atomic mass is 9.84. The Morgan fingerprint density at radius 1 is 0.852 bits per heavy atom. The Morgan fingerprint density at radius 3 is 1.96 bits per heavy atom. The smallest absolute Gasteiger partial charge is 0.193 e. The van der Waals surface area contributed by atoms with E-state index >= 15 is 0 Å². The van der Waals surface area contributed by atoms with E-state index in [1.165, 1.54) is 0 Å². The van der Waals surface area contributed by atoms with Gasteiger partial charge in [-0.25, -0.2) is 0 Å². The van der Waals surface area contributed by atoms with Crippen molar-refractivity contribution in [3.8, 4) is 11.1 Å². The zero-order chi connectivity index (χ0) is 19.8. The summed E-state index contributed by atoms with van der Waals surface area (Å²) in [6.07, 6.45) is 0. The highest BCUT2D eigenvalue weighted by Crippen LogP contribution is 2.40. The number of carbonyl (C=O) groups is 1. The lowest BCUT2D eigenvalue weighted by molar-refractivity contribution is 0.103. The highest BCUT2D eigenvalue weighted by molar-refractivity contribution is 7.81. The molecule has 0 aliphatic carbocycles. The van der Waals surface area contributed by atoms with Crippen molar-refractivity contribution in [2.24, 2.45) is 0 Å². The highest BCUT2D eigenvalue weighted by atomic mass is 32.1. The number of hydrogen-bond donors (Lipinski definition) is 2. The molecule has 3 aromatic carbocycles. The second-order valence-corrected chi connectivity index (χ2v) is 8.74. The zero-order valence-electron chi connectivity index (χ0n) is 16.1. The van der Waals surface area contributed by atoms with Crippen LogP contribution in [0.2, 0.25) is 0 Å². The molecule has 0 aliphatic heterocycles. The van der Waals surface area contributed by atoms with Crippen LogP contribution < -0.4 is 0 Å². The Labute approximate surface area is 172 Å². The fourth-order valence-electron chi connectivity index (χ4n) is 3.35. The van der Waals surface area contributed by atoms with E-state index in [4.69, 9.17) is 25.3 Å². The molecule has 27 heavy (non-hydrogen) atoms. The van der Waals surface area contributed by atoms with E-state index in [0.29, 0.717) is 11.1 Å². The van der Waals surface area contributed by atoms with Crippen LogP contribution in [0.25, 0.3) is 11.1 Å². The van der Waals surface area contributed by atoms with Crippen LogP contribution in [0.5, 0.6) is 0 Å². The fraction of sp³-hybridized carbons (Fsp3) is 0.208. The quantitative estimate of drug-likeness (QED) is 0.372. The summed E-state index contributed by atoms with van der Waals surface area (Å²) >= 11 is 9.52. The number of rotatable bonds is 3. The summed E-state index contributed by atoms with van der Waals surface area (Å²) in [6, 6.07) is 19.2. The molecule has 0 heterocycles. The summed E-state index contributed by atoms with van der Waals surface area (Å²) in [5.41, 5.74) is 5.80. The molecule has 0 saturated carbocycles. The molecule has 0 unspecified atom stereocenters. The second kappa shape index (κ2) is 7.57. The predicted octanol–water partition coefficient (Wildman–Crippen LogP) is 6.77. The number of benzene rings is 3. The van der Waals surface area contributed by atoms with Crippen LogP contribution in [0.3, 0.4) is 0 Å². The molecule has 0 amide bonds. The van der Waals surface area contributed by atoms with Gasteiger partial charge in [-0.1, -0.05) is 75.4 Å². The first-order chi connectivity index (χ1) is 12.7. The van der Waals surface area contributed by atoms with E-state index in [1.807, 2.05) is 54.6 Å². The Hall–Kier alpha value is -1.97. The Morgan fingerprint density at radius 2 is 1.41 bits per heavy atom. The van der Waals surface area contributed by atoms with Gasteiger partial charge in [-0.2, -0.15) is 0 Å². The van der Waals surface area contributed by atoms with Crippen molar-refractivity contribution < 1.29 is 4.79 Å². The summed E-state index contributed by atoms with van der Waals surface area (Å²) < 4.78 is 0. The molecule has 0 bridgehead atoms. The summed E-state index contributed by atoms with van der Waals surface area (Å²) in [6.45, 7) is 8.60. The van der Waals surface area contributed by atoms with Gasteiger partial charge in [-0.3, -0.25) is 4.79 Å². The molecule has 0 aliphatic rings. The van der Waals surface area contributed by atoms with Crippen molar-refractivity contribution in [3.05, 3.63) is 82.9 Å². The van der Waals surface area contributed by atoms with Crippen LogP contribution >= 0.6 is 25.3 Å². The third kappa shape index (κ3) is 3.99. The van der Waals surface area contributed by atoms with E-state index in [1.54, 1.807) is 0 Å². The largest absolute Gasteiger partial charge is 0.289 e. The van der Waals surface area contributed by atoms with Gasteiger partial charge in [0, 0.05) is 20.9 Å². The van der Waals surface area contributed by atoms with Crippen molar-refractivity contribution in [3.63, 3.8) is 0 Å². The van der Waals surface area contributed by atoms with Gasteiger partial charge in [0.15, 0.2) is 5.78 Å². The van der Waals surface area contributed by atoms with E-state index in [0.717, 1.165) is 32.0 Å². The summed E-state index contributed by atoms with van der Waals surface area (Å²) in [5.74, 6) is 0.0340. The predicted molar refractivity (Wildman–Crippen MR) is 120 cm³/mol. The number of ketones is 1. The van der Waals surface area contributed by atoms with Crippen molar-refractivity contribution in [1.82, 2.24) is 0 Å². The van der Waals surface area contributed by atoms with Gasteiger partial charge < -0.3 is 0 Å². The molecule has 0 atom stereocenters. The fourth-order valence-corrected chi connectivity index (χ4v) is 4.59. The molecular formula is C24H24OS2. The van der Waals surface area contributed by atoms with Crippen LogP contribution in [0, 0.1) is 6.92 Å². The van der Waals surface area contributed by atoms with Crippen LogP contribution in [0.15, 0.2) is 70.5 Å². The topological polar surface area (TPSA) is 17.1 Å². The summed E-state index contributed by atoms with van der Waals surface area (Å²) in [7, 11) is 0. The molecule has 0 fully saturated rings. The van der Waals surface area contributed by atoms with E-state index in [2.05, 4.69) is 33.8 Å². The molecule has 0 saturated heterocycles. The Bertz CT molecular complexity index is 982. The van der Waals surface area contributed by atoms with Gasteiger partial charge in [0.1, 0.15) is 0 Å². The van der Waals surface area contributed by atoms with Crippen LogP contribution in [0.4, 0.5) is 0 Å². The number of thiol groups is 2. The van der Waals surface area contributed by atoms with Gasteiger partial charge in [0.05, 0.1) is 0 Å². The lowest BCUT2D eigenvalue weighted by Crippen LogP contribution is -2.14. The second-order valence-electron chi connectivity index (χ2n) is 7.81. The van der Waals surface area contributed by atoms with E-state index < -0.39 is 0 Å². The number of carbonyl (C=O) groups excluding carboxylic acids is 1. The van der Waals surface area contributed by atoms with Crippen LogP contribution in [-0.4, -0.2) is 5.78 Å². The average Bonchev–Trinajstić information content (AvgIpc) is 2.64. The lowest BCUT2D eigenvalue weighted by Gasteiger charge is -2.26. The van der Waals surface area contributed by atoms with Gasteiger partial charge >= 0.3 is 0 Å². The van der Waals surface area contributed by atoms with E-state index in [-0.39, 0.29) is 11.2 Å². The maximum Gasteiger partial charge on any atom is 0.193 e. The van der Waals surface area contributed by atoms with Gasteiger partial charge in [-0.15, -0.1) is 25.3 Å². The van der Waals surface area contributed by atoms with Gasteiger partial charge in [-0.05, 0) is 40.7 Å². The monoisotopic (exact) mass is 392 g/mol. The zero-order valence-corrected chi connectivity index (χ0v) is 17.9. The van der Waals surface area contributed by atoms with Crippen LogP contribution in [-0.2, 0) is 5.41 Å². The first-order valence-electron chi connectivity index (χ1n) is 8.96. The highest BCUT2D eigenvalue weighted by Gasteiger charge is 2.23. The third-order valence-electron chi connectivity index (χ3n) is 4.78. The van der Waals surface area contributed by atoms with Crippen LogP contribution in [0.1, 0.15) is 47.8 Å². The first kappa shape index (κ1) is 19.8. The molecule has 0 N–H and O–H groups in total. The van der Waals surface area contributed by atoms with Crippen molar-refractivity contribution in [2.75, 3.05) is 0 Å². The minimum atomic E-state index is -0.0244. The minimum Gasteiger partial charge on any atom is -0.289 e. The third-order valence-corrected chi connectivity index (χ3v) is 5.69. The molecule has 0 radical (unpaired) electrons. The molecule has 0 spiro atoms. The summed E-state index contributed by atoms with van der Waals surface area (Å²) in [4.78, 5) is 14.5. The van der Waals surface area contributed by atoms with E-state index in [9.17, 15) is 4.79 Å². The number of hydrogen-bond acceptors (Lipinski definition) is 3.